The third kappa shape index (κ3) is 5.91. The molecule has 0 aliphatic heterocycles. The molecule has 0 unspecified atom stereocenters. The lowest BCUT2D eigenvalue weighted by atomic mass is 9.88. The molecule has 1 rings (SSSR count). The van der Waals surface area contributed by atoms with E-state index in [1.807, 2.05) is 0 Å². The number of nitrogens with zero attached hydrogens (tertiary/aromatic N) is 1. The van der Waals surface area contributed by atoms with Crippen molar-refractivity contribution in [3.8, 4) is 6.07 Å². The van der Waals surface area contributed by atoms with E-state index in [1.54, 1.807) is 6.07 Å². The minimum Gasteiger partial charge on any atom is -0.199 e. The maximum atomic E-state index is 7.32. The Morgan fingerprint density at radius 1 is 1.27 bits per heavy atom. The second kappa shape index (κ2) is 7.60. The summed E-state index contributed by atoms with van der Waals surface area (Å²) in [6.07, 6.45) is 8.93. The Kier molecular flexibility index (Phi) is 7.24. The highest BCUT2D eigenvalue weighted by Crippen LogP contribution is 2.25. The van der Waals surface area contributed by atoms with Gasteiger partial charge in [-0.3, -0.25) is 0 Å². The maximum Gasteiger partial charge on any atom is 0.0587 e. The molecular formula is C10H19N. The van der Waals surface area contributed by atoms with E-state index in [4.69, 9.17) is 5.26 Å². The van der Waals surface area contributed by atoms with Gasteiger partial charge in [0.2, 0.25) is 0 Å². The topological polar surface area (TPSA) is 23.8 Å². The van der Waals surface area contributed by atoms with Gasteiger partial charge in [-0.25, -0.2) is 0 Å². The normalized spacial score (nSPS) is 17.9. The molecule has 0 saturated heterocycles. The van der Waals surface area contributed by atoms with Gasteiger partial charge in [-0.15, -0.1) is 0 Å². The van der Waals surface area contributed by atoms with Gasteiger partial charge in [-0.1, -0.05) is 45.4 Å². The van der Waals surface area contributed by atoms with Crippen molar-refractivity contribution in [1.82, 2.24) is 0 Å². The molecule has 1 heteroatoms. The highest BCUT2D eigenvalue weighted by Gasteiger charge is 2.09. The number of nitriles is 1. The first-order valence-corrected chi connectivity index (χ1v) is 4.66. The molecule has 0 bridgehead atoms. The van der Waals surface area contributed by atoms with Gasteiger partial charge in [-0.05, 0) is 5.92 Å². The van der Waals surface area contributed by atoms with Crippen molar-refractivity contribution in [2.24, 2.45) is 5.92 Å². The molecule has 1 saturated carbocycles. The third-order valence-electron chi connectivity index (χ3n) is 2.30. The summed E-state index contributed by atoms with van der Waals surface area (Å²) < 4.78 is 0. The van der Waals surface area contributed by atoms with E-state index >= 15 is 0 Å². The minimum atomic E-state index is 1.09. The summed E-state index contributed by atoms with van der Waals surface area (Å²) in [5.41, 5.74) is 0. The largest absolute Gasteiger partial charge is 0.199 e. The SMILES string of the molecule is CC#N.CCC1CCCCC1. The molecule has 0 amide bonds. The molecule has 0 heterocycles. The minimum absolute atomic E-state index is 1.09. The fraction of sp³-hybridized carbons (Fsp3) is 0.900. The zero-order valence-corrected chi connectivity index (χ0v) is 7.77. The van der Waals surface area contributed by atoms with Gasteiger partial charge in [0.25, 0.3) is 0 Å². The summed E-state index contributed by atoms with van der Waals surface area (Å²) in [5, 5.41) is 7.32. The average molecular weight is 153 g/mol. The predicted octanol–water partition coefficient (Wildman–Crippen LogP) is 3.51. The van der Waals surface area contributed by atoms with Crippen LogP contribution in [0.4, 0.5) is 0 Å². The van der Waals surface area contributed by atoms with Crippen LogP contribution in [0, 0.1) is 17.2 Å². The van der Waals surface area contributed by atoms with Crippen LogP contribution in [-0.4, -0.2) is 0 Å². The number of hydrogen-bond donors (Lipinski definition) is 0. The van der Waals surface area contributed by atoms with Crippen molar-refractivity contribution in [1.29, 1.82) is 5.26 Å². The molecule has 1 fully saturated rings. The first-order valence-electron chi connectivity index (χ1n) is 4.66. The molecule has 1 aliphatic carbocycles. The molecule has 0 N–H and O–H groups in total. The molecular weight excluding hydrogens is 134 g/mol. The van der Waals surface area contributed by atoms with Crippen molar-refractivity contribution >= 4 is 0 Å². The van der Waals surface area contributed by atoms with E-state index in [0.29, 0.717) is 0 Å². The van der Waals surface area contributed by atoms with Gasteiger partial charge in [0.05, 0.1) is 6.07 Å². The van der Waals surface area contributed by atoms with Crippen LogP contribution < -0.4 is 0 Å². The molecule has 0 aromatic rings. The summed E-state index contributed by atoms with van der Waals surface area (Å²) >= 11 is 0. The zero-order valence-electron chi connectivity index (χ0n) is 7.77. The van der Waals surface area contributed by atoms with Crippen LogP contribution in [-0.2, 0) is 0 Å². The van der Waals surface area contributed by atoms with Crippen LogP contribution in [0.25, 0.3) is 0 Å². The zero-order chi connectivity index (χ0) is 8.53. The van der Waals surface area contributed by atoms with Gasteiger partial charge >= 0.3 is 0 Å². The second-order valence-electron chi connectivity index (χ2n) is 3.14. The van der Waals surface area contributed by atoms with E-state index in [9.17, 15) is 0 Å². The Labute approximate surface area is 70.4 Å². The van der Waals surface area contributed by atoms with E-state index in [-0.39, 0.29) is 0 Å². The summed E-state index contributed by atoms with van der Waals surface area (Å²) in [5.74, 6) is 1.09. The molecule has 64 valence electrons. The molecule has 0 atom stereocenters. The van der Waals surface area contributed by atoms with Crippen LogP contribution in [0.15, 0.2) is 0 Å². The van der Waals surface area contributed by atoms with Gasteiger partial charge in [0, 0.05) is 6.92 Å². The Morgan fingerprint density at radius 3 is 2.00 bits per heavy atom. The molecule has 0 radical (unpaired) electrons. The van der Waals surface area contributed by atoms with Crippen LogP contribution in [0.1, 0.15) is 52.4 Å². The van der Waals surface area contributed by atoms with Crippen LogP contribution >= 0.6 is 0 Å². The highest BCUT2D eigenvalue weighted by atomic mass is 14.2. The van der Waals surface area contributed by atoms with Gasteiger partial charge < -0.3 is 0 Å². The summed E-state index contributed by atoms with van der Waals surface area (Å²) in [6.45, 7) is 3.75. The molecule has 0 aromatic carbocycles. The standard InChI is InChI=1S/C8H16.C2H3N/c1-2-8-6-4-3-5-7-8;1-2-3/h8H,2-7H2,1H3;1H3. The molecule has 1 aliphatic rings. The van der Waals surface area contributed by atoms with E-state index in [0.717, 1.165) is 5.92 Å². The third-order valence-corrected chi connectivity index (χ3v) is 2.30. The lowest BCUT2D eigenvalue weighted by Gasteiger charge is -2.18. The first-order chi connectivity index (χ1) is 5.35. The predicted molar refractivity (Wildman–Crippen MR) is 48.2 cm³/mol. The summed E-state index contributed by atoms with van der Waals surface area (Å²) in [4.78, 5) is 0. The highest BCUT2D eigenvalue weighted by molar-refractivity contribution is 4.63. The van der Waals surface area contributed by atoms with E-state index < -0.39 is 0 Å². The van der Waals surface area contributed by atoms with Crippen molar-refractivity contribution in [3.05, 3.63) is 0 Å². The van der Waals surface area contributed by atoms with Crippen molar-refractivity contribution < 1.29 is 0 Å². The summed E-state index contributed by atoms with van der Waals surface area (Å²) in [6, 6.07) is 1.75. The fourth-order valence-electron chi connectivity index (χ4n) is 1.60. The lowest BCUT2D eigenvalue weighted by Crippen LogP contribution is -2.03. The lowest BCUT2D eigenvalue weighted by molar-refractivity contribution is 0.349. The number of hydrogen-bond acceptors (Lipinski definition) is 1. The maximum absolute atomic E-state index is 7.32. The van der Waals surface area contributed by atoms with Crippen LogP contribution in [0.3, 0.4) is 0 Å². The van der Waals surface area contributed by atoms with Crippen molar-refractivity contribution in [3.63, 3.8) is 0 Å². The Hall–Kier alpha value is -0.510. The quantitative estimate of drug-likeness (QED) is 0.565. The van der Waals surface area contributed by atoms with E-state index in [2.05, 4.69) is 6.92 Å². The van der Waals surface area contributed by atoms with Crippen molar-refractivity contribution in [2.45, 2.75) is 52.4 Å². The smallest absolute Gasteiger partial charge is 0.0587 e. The molecule has 0 spiro atoms. The molecule has 1 nitrogen and oxygen atoms in total. The fourth-order valence-corrected chi connectivity index (χ4v) is 1.60. The molecule has 11 heavy (non-hydrogen) atoms. The monoisotopic (exact) mass is 153 g/mol. The second-order valence-corrected chi connectivity index (χ2v) is 3.14. The van der Waals surface area contributed by atoms with E-state index in [1.165, 1.54) is 45.4 Å². The van der Waals surface area contributed by atoms with Gasteiger partial charge in [-0.2, -0.15) is 5.26 Å². The summed E-state index contributed by atoms with van der Waals surface area (Å²) in [7, 11) is 0. The van der Waals surface area contributed by atoms with Crippen LogP contribution in [0.5, 0.6) is 0 Å². The Bertz CT molecular complexity index is 107. The van der Waals surface area contributed by atoms with Gasteiger partial charge in [0.1, 0.15) is 0 Å². The average Bonchev–Trinajstić information content (AvgIpc) is 2.08. The number of rotatable bonds is 1. The Morgan fingerprint density at radius 2 is 1.73 bits per heavy atom. The van der Waals surface area contributed by atoms with Crippen molar-refractivity contribution in [2.75, 3.05) is 0 Å². The Balaban J connectivity index is 0.000000292. The van der Waals surface area contributed by atoms with Crippen LogP contribution in [0.2, 0.25) is 0 Å². The first kappa shape index (κ1) is 10.5. The van der Waals surface area contributed by atoms with Gasteiger partial charge in [0.15, 0.2) is 0 Å². The molecule has 0 aromatic heterocycles.